The summed E-state index contributed by atoms with van der Waals surface area (Å²) in [4.78, 5) is 20.9. The monoisotopic (exact) mass is 419 g/mol. The number of halogens is 4. The SMILES string of the molecule is C[C@@H](CO)NC(=O)c1cc(-c2cccc(F)c2)nc(-c2ccc(C(F)(F)F)cc2)n1. The minimum Gasteiger partial charge on any atom is -0.394 e. The number of nitrogens with one attached hydrogen (secondary N) is 1. The fraction of sp³-hybridized carbons (Fsp3) is 0.190. The Balaban J connectivity index is 2.08. The Hall–Kier alpha value is -3.33. The van der Waals surface area contributed by atoms with Crippen molar-refractivity contribution in [2.24, 2.45) is 0 Å². The number of benzene rings is 2. The van der Waals surface area contributed by atoms with Gasteiger partial charge in [-0.15, -0.1) is 0 Å². The van der Waals surface area contributed by atoms with Gasteiger partial charge in [0.15, 0.2) is 5.82 Å². The van der Waals surface area contributed by atoms with Crippen LogP contribution >= 0.6 is 0 Å². The Labute approximate surface area is 169 Å². The lowest BCUT2D eigenvalue weighted by atomic mass is 10.1. The molecule has 0 saturated carbocycles. The number of aliphatic hydroxyl groups excluding tert-OH is 1. The van der Waals surface area contributed by atoms with Crippen molar-refractivity contribution in [3.8, 4) is 22.6 Å². The van der Waals surface area contributed by atoms with Gasteiger partial charge in [-0.25, -0.2) is 14.4 Å². The van der Waals surface area contributed by atoms with Crippen molar-refractivity contribution in [3.63, 3.8) is 0 Å². The molecule has 0 aliphatic heterocycles. The summed E-state index contributed by atoms with van der Waals surface area (Å²) in [6, 6.07) is 10.5. The van der Waals surface area contributed by atoms with Gasteiger partial charge in [-0.3, -0.25) is 4.79 Å². The molecule has 0 aliphatic carbocycles. The largest absolute Gasteiger partial charge is 0.416 e. The first-order valence-electron chi connectivity index (χ1n) is 8.92. The molecule has 1 heterocycles. The molecule has 0 radical (unpaired) electrons. The number of hydrogen-bond donors (Lipinski definition) is 2. The highest BCUT2D eigenvalue weighted by Gasteiger charge is 2.30. The predicted octanol–water partition coefficient (Wildman–Crippen LogP) is 4.08. The topological polar surface area (TPSA) is 75.1 Å². The molecule has 9 heteroatoms. The van der Waals surface area contributed by atoms with E-state index >= 15 is 0 Å². The first-order chi connectivity index (χ1) is 14.2. The number of carbonyl (C=O) groups excluding carboxylic acids is 1. The van der Waals surface area contributed by atoms with Crippen LogP contribution < -0.4 is 5.32 Å². The van der Waals surface area contributed by atoms with Crippen LogP contribution in [0.1, 0.15) is 23.0 Å². The Kier molecular flexibility index (Phi) is 6.12. The number of rotatable bonds is 5. The molecular weight excluding hydrogens is 402 g/mol. The normalized spacial score (nSPS) is 12.5. The zero-order valence-electron chi connectivity index (χ0n) is 15.7. The molecule has 0 unspecified atom stereocenters. The second kappa shape index (κ2) is 8.58. The summed E-state index contributed by atoms with van der Waals surface area (Å²) in [5.74, 6) is -1.11. The van der Waals surface area contributed by atoms with Crippen LogP contribution in [0.2, 0.25) is 0 Å². The first kappa shape index (κ1) is 21.4. The highest BCUT2D eigenvalue weighted by atomic mass is 19.4. The number of carbonyl (C=O) groups is 1. The van der Waals surface area contributed by atoms with Gasteiger partial charge in [0.25, 0.3) is 5.91 Å². The van der Waals surface area contributed by atoms with Crippen LogP contribution in [0.25, 0.3) is 22.6 Å². The second-order valence-corrected chi connectivity index (χ2v) is 6.60. The summed E-state index contributed by atoms with van der Waals surface area (Å²) in [5, 5.41) is 11.7. The molecule has 0 spiro atoms. The summed E-state index contributed by atoms with van der Waals surface area (Å²) < 4.78 is 52.1. The third kappa shape index (κ3) is 4.98. The predicted molar refractivity (Wildman–Crippen MR) is 102 cm³/mol. The molecular formula is C21H17F4N3O2. The standard InChI is InChI=1S/C21H17F4N3O2/c1-12(11-29)26-20(30)18-10-17(14-3-2-4-16(22)9-14)27-19(28-18)13-5-7-15(8-6-13)21(23,24)25/h2-10,12,29H,11H2,1H3,(H,26,30)/t12-/m0/s1. The van der Waals surface area contributed by atoms with E-state index in [1.807, 2.05) is 0 Å². The van der Waals surface area contributed by atoms with Crippen LogP contribution in [0.5, 0.6) is 0 Å². The molecule has 3 rings (SSSR count). The van der Waals surface area contributed by atoms with E-state index in [0.29, 0.717) is 5.56 Å². The van der Waals surface area contributed by atoms with E-state index in [9.17, 15) is 22.4 Å². The van der Waals surface area contributed by atoms with Crippen molar-refractivity contribution in [2.45, 2.75) is 19.1 Å². The van der Waals surface area contributed by atoms with Gasteiger partial charge >= 0.3 is 6.18 Å². The van der Waals surface area contributed by atoms with Crippen molar-refractivity contribution < 1.29 is 27.5 Å². The first-order valence-corrected chi connectivity index (χ1v) is 8.92. The van der Waals surface area contributed by atoms with Crippen LogP contribution in [-0.2, 0) is 6.18 Å². The summed E-state index contributed by atoms with van der Waals surface area (Å²) >= 11 is 0. The number of nitrogens with zero attached hydrogens (tertiary/aromatic N) is 2. The van der Waals surface area contributed by atoms with Gasteiger partial charge in [0, 0.05) is 17.2 Å². The fourth-order valence-electron chi connectivity index (χ4n) is 2.64. The lowest BCUT2D eigenvalue weighted by Crippen LogP contribution is -2.35. The van der Waals surface area contributed by atoms with E-state index in [4.69, 9.17) is 5.11 Å². The highest BCUT2D eigenvalue weighted by Crippen LogP contribution is 2.31. The van der Waals surface area contributed by atoms with Crippen LogP contribution in [0.15, 0.2) is 54.6 Å². The maximum Gasteiger partial charge on any atom is 0.416 e. The molecule has 0 fully saturated rings. The Morgan fingerprint density at radius 3 is 2.37 bits per heavy atom. The Bertz CT molecular complexity index is 1050. The molecule has 3 aromatic rings. The van der Waals surface area contributed by atoms with Crippen molar-refractivity contribution in [1.82, 2.24) is 15.3 Å². The lowest BCUT2D eigenvalue weighted by Gasteiger charge is -2.13. The summed E-state index contributed by atoms with van der Waals surface area (Å²) in [6.45, 7) is 1.29. The van der Waals surface area contributed by atoms with Crippen LogP contribution in [-0.4, -0.2) is 33.6 Å². The minimum atomic E-state index is -4.49. The van der Waals surface area contributed by atoms with Crippen molar-refractivity contribution in [3.05, 3.63) is 71.7 Å². The van der Waals surface area contributed by atoms with E-state index < -0.39 is 29.5 Å². The number of aromatic nitrogens is 2. The van der Waals surface area contributed by atoms with Gasteiger partial charge in [0.1, 0.15) is 11.5 Å². The molecule has 156 valence electrons. The smallest absolute Gasteiger partial charge is 0.394 e. The van der Waals surface area contributed by atoms with Gasteiger partial charge in [0.05, 0.1) is 17.9 Å². The molecule has 0 aliphatic rings. The van der Waals surface area contributed by atoms with Crippen molar-refractivity contribution in [1.29, 1.82) is 0 Å². The maximum absolute atomic E-state index is 13.7. The average Bonchev–Trinajstić information content (AvgIpc) is 2.72. The van der Waals surface area contributed by atoms with E-state index in [1.165, 1.54) is 36.4 Å². The highest BCUT2D eigenvalue weighted by molar-refractivity contribution is 5.94. The van der Waals surface area contributed by atoms with Crippen LogP contribution in [0, 0.1) is 5.82 Å². The van der Waals surface area contributed by atoms with E-state index in [0.717, 1.165) is 12.1 Å². The molecule has 0 bridgehead atoms. The quantitative estimate of drug-likeness (QED) is 0.611. The average molecular weight is 419 g/mol. The molecule has 2 aromatic carbocycles. The molecule has 1 aromatic heterocycles. The van der Waals surface area contributed by atoms with Crippen LogP contribution in [0.3, 0.4) is 0 Å². The fourth-order valence-corrected chi connectivity index (χ4v) is 2.64. The van der Waals surface area contributed by atoms with E-state index in [2.05, 4.69) is 15.3 Å². The van der Waals surface area contributed by atoms with Gasteiger partial charge in [-0.1, -0.05) is 24.3 Å². The number of amides is 1. The van der Waals surface area contributed by atoms with Crippen molar-refractivity contribution >= 4 is 5.91 Å². The number of aliphatic hydroxyl groups is 1. The van der Waals surface area contributed by atoms with Gasteiger partial charge < -0.3 is 10.4 Å². The number of alkyl halides is 3. The summed E-state index contributed by atoms with van der Waals surface area (Å²) in [6.07, 6.45) is -4.49. The maximum atomic E-state index is 13.7. The molecule has 1 amide bonds. The Morgan fingerprint density at radius 1 is 1.07 bits per heavy atom. The lowest BCUT2D eigenvalue weighted by molar-refractivity contribution is -0.137. The zero-order valence-corrected chi connectivity index (χ0v) is 15.7. The molecule has 5 nitrogen and oxygen atoms in total. The summed E-state index contributed by atoms with van der Waals surface area (Å²) in [5.41, 5.74) is -0.0525. The van der Waals surface area contributed by atoms with Gasteiger partial charge in [-0.05, 0) is 37.3 Å². The van der Waals surface area contributed by atoms with E-state index in [1.54, 1.807) is 13.0 Å². The molecule has 0 saturated heterocycles. The minimum absolute atomic E-state index is 0.00675. The molecule has 2 N–H and O–H groups in total. The van der Waals surface area contributed by atoms with Gasteiger partial charge in [-0.2, -0.15) is 13.2 Å². The van der Waals surface area contributed by atoms with Crippen LogP contribution in [0.4, 0.5) is 17.6 Å². The third-order valence-corrected chi connectivity index (χ3v) is 4.20. The molecule has 1 atom stereocenters. The number of hydrogen-bond acceptors (Lipinski definition) is 4. The van der Waals surface area contributed by atoms with E-state index in [-0.39, 0.29) is 29.4 Å². The Morgan fingerprint density at radius 2 is 1.77 bits per heavy atom. The second-order valence-electron chi connectivity index (χ2n) is 6.60. The van der Waals surface area contributed by atoms with Crippen molar-refractivity contribution in [2.75, 3.05) is 6.61 Å². The zero-order chi connectivity index (χ0) is 21.9. The molecule has 30 heavy (non-hydrogen) atoms. The van der Waals surface area contributed by atoms with Gasteiger partial charge in [0.2, 0.25) is 0 Å². The third-order valence-electron chi connectivity index (χ3n) is 4.20. The summed E-state index contributed by atoms with van der Waals surface area (Å²) in [7, 11) is 0.